The fraction of sp³-hybridized carbons (Fsp3) is 0.562. The second-order valence-corrected chi connectivity index (χ2v) is 5.69. The summed E-state index contributed by atoms with van der Waals surface area (Å²) < 4.78 is 0. The molecule has 0 aliphatic carbocycles. The first-order valence-electron chi connectivity index (χ1n) is 6.73. The predicted molar refractivity (Wildman–Crippen MR) is 76.6 cm³/mol. The molecule has 1 rings (SSSR count). The second kappa shape index (κ2) is 6.58. The lowest BCUT2D eigenvalue weighted by Gasteiger charge is -2.21. The van der Waals surface area contributed by atoms with E-state index in [1.165, 1.54) is 5.56 Å². The summed E-state index contributed by atoms with van der Waals surface area (Å²) in [7, 11) is 1.86. The molecule has 0 bridgehead atoms. The average Bonchev–Trinajstić information content (AvgIpc) is 2.29. The molecule has 0 spiro atoms. The molecule has 0 N–H and O–H groups in total. The van der Waals surface area contributed by atoms with Gasteiger partial charge in [0.15, 0.2) is 0 Å². The summed E-state index contributed by atoms with van der Waals surface area (Å²) in [6.45, 7) is 8.50. The first kappa shape index (κ1) is 14.7. The van der Waals surface area contributed by atoms with Gasteiger partial charge in [-0.2, -0.15) is 0 Å². The highest BCUT2D eigenvalue weighted by Crippen LogP contribution is 2.11. The largest absolute Gasteiger partial charge is 0.343 e. The Bertz CT molecular complexity index is 379. The summed E-state index contributed by atoms with van der Waals surface area (Å²) in [5.41, 5.74) is 2.44. The van der Waals surface area contributed by atoms with Crippen LogP contribution in [0.15, 0.2) is 24.3 Å². The zero-order valence-electron chi connectivity index (χ0n) is 12.2. The minimum atomic E-state index is 0.182. The first-order chi connectivity index (χ1) is 8.40. The Balaban J connectivity index is 2.61. The molecule has 0 fully saturated rings. The van der Waals surface area contributed by atoms with Crippen molar-refractivity contribution in [3.63, 3.8) is 0 Å². The highest BCUT2D eigenvalue weighted by atomic mass is 16.2. The molecular weight excluding hydrogens is 222 g/mol. The van der Waals surface area contributed by atoms with Crippen LogP contribution in [0.4, 0.5) is 0 Å². The summed E-state index contributed by atoms with van der Waals surface area (Å²) in [5, 5.41) is 0. The van der Waals surface area contributed by atoms with E-state index in [-0.39, 0.29) is 11.9 Å². The van der Waals surface area contributed by atoms with Gasteiger partial charge in [0, 0.05) is 13.1 Å². The van der Waals surface area contributed by atoms with Gasteiger partial charge in [0.05, 0.1) is 6.42 Å². The fourth-order valence-electron chi connectivity index (χ4n) is 1.85. The fourth-order valence-corrected chi connectivity index (χ4v) is 1.85. The van der Waals surface area contributed by atoms with Crippen LogP contribution in [0.3, 0.4) is 0 Å². The molecule has 1 amide bonds. The van der Waals surface area contributed by atoms with E-state index in [9.17, 15) is 4.79 Å². The van der Waals surface area contributed by atoms with Crippen molar-refractivity contribution in [3.8, 4) is 0 Å². The van der Waals surface area contributed by atoms with Crippen molar-refractivity contribution in [1.29, 1.82) is 0 Å². The molecule has 0 aromatic heterocycles. The monoisotopic (exact) mass is 247 g/mol. The van der Waals surface area contributed by atoms with E-state index in [0.717, 1.165) is 12.0 Å². The van der Waals surface area contributed by atoms with E-state index in [1.54, 1.807) is 4.90 Å². The Hall–Kier alpha value is -1.31. The standard InChI is InChI=1S/C16H25NO/c1-12(2)10-14-6-8-15(9-7-14)11-16(18)17(5)13(3)4/h6-9,12-13H,10-11H2,1-5H3. The zero-order valence-corrected chi connectivity index (χ0v) is 12.2. The first-order valence-corrected chi connectivity index (χ1v) is 6.73. The molecule has 0 heterocycles. The molecule has 1 aromatic carbocycles. The van der Waals surface area contributed by atoms with Gasteiger partial charge in [-0.15, -0.1) is 0 Å². The normalized spacial score (nSPS) is 11.1. The topological polar surface area (TPSA) is 20.3 Å². The molecule has 0 aliphatic heterocycles. The zero-order chi connectivity index (χ0) is 13.7. The van der Waals surface area contributed by atoms with Crippen molar-refractivity contribution in [3.05, 3.63) is 35.4 Å². The minimum Gasteiger partial charge on any atom is -0.343 e. The molecule has 0 radical (unpaired) electrons. The number of nitrogens with zero attached hydrogens (tertiary/aromatic N) is 1. The van der Waals surface area contributed by atoms with Gasteiger partial charge in [-0.25, -0.2) is 0 Å². The van der Waals surface area contributed by atoms with Gasteiger partial charge in [-0.3, -0.25) is 4.79 Å². The lowest BCUT2D eigenvalue weighted by atomic mass is 10.0. The molecule has 0 aliphatic rings. The number of amides is 1. The predicted octanol–water partition coefficient (Wildman–Crippen LogP) is 3.29. The van der Waals surface area contributed by atoms with Crippen molar-refractivity contribution < 1.29 is 4.79 Å². The molecular formula is C16H25NO. The van der Waals surface area contributed by atoms with Crippen LogP contribution in [0.1, 0.15) is 38.8 Å². The van der Waals surface area contributed by atoms with Crippen molar-refractivity contribution in [2.45, 2.75) is 46.6 Å². The average molecular weight is 247 g/mol. The van der Waals surface area contributed by atoms with Crippen LogP contribution in [-0.2, 0) is 17.6 Å². The summed E-state index contributed by atoms with van der Waals surface area (Å²) in [6, 6.07) is 8.68. The van der Waals surface area contributed by atoms with Crippen molar-refractivity contribution in [2.24, 2.45) is 5.92 Å². The highest BCUT2D eigenvalue weighted by Gasteiger charge is 2.12. The maximum Gasteiger partial charge on any atom is 0.226 e. The molecule has 0 saturated heterocycles. The Morgan fingerprint density at radius 1 is 1.06 bits per heavy atom. The van der Waals surface area contributed by atoms with Gasteiger partial charge in [0.2, 0.25) is 5.91 Å². The van der Waals surface area contributed by atoms with Gasteiger partial charge in [-0.05, 0) is 37.3 Å². The third-order valence-electron chi connectivity index (χ3n) is 3.19. The molecule has 0 unspecified atom stereocenters. The molecule has 2 nitrogen and oxygen atoms in total. The summed E-state index contributed by atoms with van der Waals surface area (Å²) >= 11 is 0. The van der Waals surface area contributed by atoms with Crippen molar-refractivity contribution >= 4 is 5.91 Å². The van der Waals surface area contributed by atoms with Crippen LogP contribution in [0.5, 0.6) is 0 Å². The molecule has 0 atom stereocenters. The van der Waals surface area contributed by atoms with Crippen LogP contribution >= 0.6 is 0 Å². The summed E-state index contributed by atoms with van der Waals surface area (Å²) in [5.74, 6) is 0.853. The smallest absolute Gasteiger partial charge is 0.226 e. The third-order valence-corrected chi connectivity index (χ3v) is 3.19. The van der Waals surface area contributed by atoms with E-state index in [4.69, 9.17) is 0 Å². The Morgan fingerprint density at radius 2 is 1.56 bits per heavy atom. The minimum absolute atomic E-state index is 0.182. The number of benzene rings is 1. The Labute approximate surface area is 111 Å². The van der Waals surface area contributed by atoms with Crippen LogP contribution in [0.2, 0.25) is 0 Å². The molecule has 2 heteroatoms. The number of carbonyl (C=O) groups excluding carboxylic acids is 1. The lowest BCUT2D eigenvalue weighted by molar-refractivity contribution is -0.130. The third kappa shape index (κ3) is 4.52. The maximum atomic E-state index is 11.9. The number of hydrogen-bond acceptors (Lipinski definition) is 1. The van der Waals surface area contributed by atoms with E-state index in [1.807, 2.05) is 20.9 Å². The van der Waals surface area contributed by atoms with Gasteiger partial charge >= 0.3 is 0 Å². The van der Waals surface area contributed by atoms with Gasteiger partial charge < -0.3 is 4.90 Å². The number of likely N-dealkylation sites (N-methyl/N-ethyl adjacent to an activating group) is 1. The number of carbonyl (C=O) groups is 1. The molecule has 18 heavy (non-hydrogen) atoms. The van der Waals surface area contributed by atoms with Crippen LogP contribution < -0.4 is 0 Å². The van der Waals surface area contributed by atoms with Crippen LogP contribution in [0.25, 0.3) is 0 Å². The number of rotatable bonds is 5. The van der Waals surface area contributed by atoms with E-state index >= 15 is 0 Å². The number of hydrogen-bond donors (Lipinski definition) is 0. The van der Waals surface area contributed by atoms with Crippen molar-refractivity contribution in [1.82, 2.24) is 4.90 Å². The van der Waals surface area contributed by atoms with E-state index < -0.39 is 0 Å². The quantitative estimate of drug-likeness (QED) is 0.782. The maximum absolute atomic E-state index is 11.9. The van der Waals surface area contributed by atoms with Crippen LogP contribution in [-0.4, -0.2) is 23.9 Å². The summed E-state index contributed by atoms with van der Waals surface area (Å²) in [4.78, 5) is 13.7. The molecule has 100 valence electrons. The van der Waals surface area contributed by atoms with Gasteiger partial charge in [-0.1, -0.05) is 38.1 Å². The lowest BCUT2D eigenvalue weighted by Crippen LogP contribution is -2.34. The van der Waals surface area contributed by atoms with Crippen molar-refractivity contribution in [2.75, 3.05) is 7.05 Å². The Kier molecular flexibility index (Phi) is 5.39. The van der Waals surface area contributed by atoms with E-state index in [2.05, 4.69) is 38.1 Å². The Morgan fingerprint density at radius 3 is 2.00 bits per heavy atom. The second-order valence-electron chi connectivity index (χ2n) is 5.69. The van der Waals surface area contributed by atoms with E-state index in [0.29, 0.717) is 12.3 Å². The molecule has 1 aromatic rings. The highest BCUT2D eigenvalue weighted by molar-refractivity contribution is 5.78. The SMILES string of the molecule is CC(C)Cc1ccc(CC(=O)N(C)C(C)C)cc1. The van der Waals surface area contributed by atoms with Gasteiger partial charge in [0.1, 0.15) is 0 Å². The van der Waals surface area contributed by atoms with Gasteiger partial charge in [0.25, 0.3) is 0 Å². The molecule has 0 saturated carbocycles. The summed E-state index contributed by atoms with van der Waals surface area (Å²) in [6.07, 6.45) is 1.59. The van der Waals surface area contributed by atoms with Crippen LogP contribution in [0, 0.1) is 5.92 Å².